The van der Waals surface area contributed by atoms with Gasteiger partial charge in [0.1, 0.15) is 11.5 Å². The molecule has 2 saturated heterocycles. The summed E-state index contributed by atoms with van der Waals surface area (Å²) in [6.45, 7) is 12.9. The quantitative estimate of drug-likeness (QED) is 0.700. The first-order valence-corrected chi connectivity index (χ1v) is 10.6. The lowest BCUT2D eigenvalue weighted by molar-refractivity contribution is -0.118. The lowest BCUT2D eigenvalue weighted by Gasteiger charge is -2.38. The second kappa shape index (κ2) is 10.1. The second-order valence-electron chi connectivity index (χ2n) is 7.94. The first kappa shape index (κ1) is 20.2. The molecule has 27 heavy (non-hydrogen) atoms. The molecule has 0 amide bonds. The molecule has 2 heterocycles. The van der Waals surface area contributed by atoms with E-state index in [1.807, 2.05) is 13.0 Å². The first-order chi connectivity index (χ1) is 13.2. The fraction of sp³-hybridized carbons (Fsp3) is 0.682. The fourth-order valence-electron chi connectivity index (χ4n) is 4.32. The summed E-state index contributed by atoms with van der Waals surface area (Å²) in [4.78, 5) is 18.6. The molecule has 2 aliphatic heterocycles. The number of piperidine rings is 1. The van der Waals surface area contributed by atoms with E-state index in [4.69, 9.17) is 4.74 Å². The Labute approximate surface area is 164 Å². The van der Waals surface area contributed by atoms with Gasteiger partial charge in [-0.2, -0.15) is 0 Å². The number of para-hydroxylation sites is 2. The summed E-state index contributed by atoms with van der Waals surface area (Å²) in [6, 6.07) is 8.40. The minimum Gasteiger partial charge on any atom is -0.492 e. The fourth-order valence-corrected chi connectivity index (χ4v) is 4.32. The molecule has 0 N–H and O–H groups in total. The van der Waals surface area contributed by atoms with Crippen molar-refractivity contribution in [2.24, 2.45) is 5.92 Å². The third kappa shape index (κ3) is 5.94. The summed E-state index contributed by atoms with van der Waals surface area (Å²) in [6.07, 6.45) is 3.79. The molecule has 0 atom stereocenters. The number of carbonyl (C=O) groups excluding carboxylic acids is 1. The number of benzene rings is 1. The lowest BCUT2D eigenvalue weighted by atomic mass is 9.93. The number of piperazine rings is 1. The van der Waals surface area contributed by atoms with E-state index in [0.717, 1.165) is 50.9 Å². The van der Waals surface area contributed by atoms with Gasteiger partial charge in [-0.3, -0.25) is 14.6 Å². The maximum atomic E-state index is 11.3. The van der Waals surface area contributed by atoms with Gasteiger partial charge in [-0.25, -0.2) is 0 Å². The number of ketones is 1. The monoisotopic (exact) mass is 373 g/mol. The van der Waals surface area contributed by atoms with E-state index >= 15 is 0 Å². The summed E-state index contributed by atoms with van der Waals surface area (Å²) in [5, 5.41) is 0. The molecule has 3 rings (SSSR count). The number of anilines is 1. The molecule has 0 saturated carbocycles. The van der Waals surface area contributed by atoms with Crippen LogP contribution >= 0.6 is 0 Å². The van der Waals surface area contributed by atoms with Crippen molar-refractivity contribution in [1.82, 2.24) is 9.80 Å². The Hall–Kier alpha value is -1.59. The Morgan fingerprint density at radius 1 is 1.04 bits per heavy atom. The molecular weight excluding hydrogens is 338 g/mol. The predicted octanol–water partition coefficient (Wildman–Crippen LogP) is 2.90. The zero-order chi connectivity index (χ0) is 19.1. The van der Waals surface area contributed by atoms with Crippen molar-refractivity contribution >= 4 is 11.5 Å². The van der Waals surface area contributed by atoms with Crippen LogP contribution in [0.1, 0.15) is 33.1 Å². The summed E-state index contributed by atoms with van der Waals surface area (Å²) < 4.78 is 5.80. The van der Waals surface area contributed by atoms with Gasteiger partial charge < -0.3 is 9.64 Å². The van der Waals surface area contributed by atoms with Crippen LogP contribution in [0.15, 0.2) is 24.3 Å². The van der Waals surface area contributed by atoms with Crippen LogP contribution in [-0.2, 0) is 4.79 Å². The number of rotatable bonds is 8. The Morgan fingerprint density at radius 2 is 1.74 bits per heavy atom. The highest BCUT2D eigenvalue weighted by atomic mass is 16.5. The number of likely N-dealkylation sites (tertiary alicyclic amines) is 1. The molecule has 0 bridgehead atoms. The van der Waals surface area contributed by atoms with E-state index in [1.165, 1.54) is 31.5 Å². The Kier molecular flexibility index (Phi) is 7.53. The number of carbonyl (C=O) groups is 1. The van der Waals surface area contributed by atoms with Crippen molar-refractivity contribution in [1.29, 1.82) is 0 Å². The molecule has 0 radical (unpaired) electrons. The predicted molar refractivity (Wildman–Crippen MR) is 111 cm³/mol. The molecule has 1 aromatic rings. The first-order valence-electron chi connectivity index (χ1n) is 10.6. The highest BCUT2D eigenvalue weighted by Gasteiger charge is 2.23. The smallest absolute Gasteiger partial charge is 0.143 e. The van der Waals surface area contributed by atoms with Crippen molar-refractivity contribution in [2.45, 2.75) is 33.1 Å². The summed E-state index contributed by atoms with van der Waals surface area (Å²) in [7, 11) is 0. The summed E-state index contributed by atoms with van der Waals surface area (Å²) in [5.41, 5.74) is 1.23. The van der Waals surface area contributed by atoms with Gasteiger partial charge in [-0.05, 0) is 70.8 Å². The van der Waals surface area contributed by atoms with E-state index in [-0.39, 0.29) is 5.78 Å². The van der Waals surface area contributed by atoms with Crippen LogP contribution in [-0.4, -0.2) is 74.5 Å². The standard InChI is InChI=1S/C22H35N3O2/c1-3-27-22-7-5-4-6-21(22)25-16-14-23(15-17-25)11-8-20-9-12-24(13-10-20)18-19(2)26/h4-7,20H,3,8-18H2,1-2H3. The molecule has 150 valence electrons. The van der Waals surface area contributed by atoms with Crippen LogP contribution in [0.3, 0.4) is 0 Å². The minimum atomic E-state index is 0.289. The maximum Gasteiger partial charge on any atom is 0.143 e. The van der Waals surface area contributed by atoms with Gasteiger partial charge in [0.2, 0.25) is 0 Å². The molecular formula is C22H35N3O2. The van der Waals surface area contributed by atoms with Gasteiger partial charge in [0.05, 0.1) is 18.8 Å². The van der Waals surface area contributed by atoms with Crippen molar-refractivity contribution in [2.75, 3.05) is 63.9 Å². The SMILES string of the molecule is CCOc1ccccc1N1CCN(CCC2CCN(CC(C)=O)CC2)CC1. The highest BCUT2D eigenvalue weighted by Crippen LogP contribution is 2.29. The van der Waals surface area contributed by atoms with E-state index in [2.05, 4.69) is 32.9 Å². The molecule has 0 unspecified atom stereocenters. The number of nitrogens with zero attached hydrogens (tertiary/aromatic N) is 3. The van der Waals surface area contributed by atoms with E-state index in [1.54, 1.807) is 6.92 Å². The van der Waals surface area contributed by atoms with Gasteiger partial charge in [-0.1, -0.05) is 12.1 Å². The van der Waals surface area contributed by atoms with Crippen molar-refractivity contribution in [3.8, 4) is 5.75 Å². The van der Waals surface area contributed by atoms with Crippen LogP contribution in [0.5, 0.6) is 5.75 Å². The Bertz CT molecular complexity index is 591. The van der Waals surface area contributed by atoms with Gasteiger partial charge in [0, 0.05) is 26.2 Å². The minimum absolute atomic E-state index is 0.289. The van der Waals surface area contributed by atoms with E-state index in [9.17, 15) is 4.79 Å². The average molecular weight is 374 g/mol. The van der Waals surface area contributed by atoms with Crippen molar-refractivity contribution in [3.63, 3.8) is 0 Å². The number of ether oxygens (including phenoxy) is 1. The Balaban J connectivity index is 1.39. The van der Waals surface area contributed by atoms with Crippen LogP contribution in [0.4, 0.5) is 5.69 Å². The molecule has 0 aliphatic carbocycles. The van der Waals surface area contributed by atoms with Crippen LogP contribution < -0.4 is 9.64 Å². The zero-order valence-electron chi connectivity index (χ0n) is 17.0. The lowest BCUT2D eigenvalue weighted by Crippen LogP contribution is -2.47. The number of hydrogen-bond donors (Lipinski definition) is 0. The van der Waals surface area contributed by atoms with Crippen LogP contribution in [0.2, 0.25) is 0 Å². The second-order valence-corrected chi connectivity index (χ2v) is 7.94. The number of Topliss-reactive ketones (excluding diaryl/α,β-unsaturated/α-hetero) is 1. The normalized spacial score (nSPS) is 20.0. The van der Waals surface area contributed by atoms with Gasteiger partial charge in [0.15, 0.2) is 0 Å². The molecule has 1 aromatic carbocycles. The van der Waals surface area contributed by atoms with Gasteiger partial charge >= 0.3 is 0 Å². The zero-order valence-corrected chi connectivity index (χ0v) is 17.0. The third-order valence-electron chi connectivity index (χ3n) is 5.89. The average Bonchev–Trinajstić information content (AvgIpc) is 2.68. The van der Waals surface area contributed by atoms with Crippen LogP contribution in [0, 0.1) is 5.92 Å². The van der Waals surface area contributed by atoms with Gasteiger partial charge in [-0.15, -0.1) is 0 Å². The van der Waals surface area contributed by atoms with E-state index < -0.39 is 0 Å². The molecule has 5 nitrogen and oxygen atoms in total. The third-order valence-corrected chi connectivity index (χ3v) is 5.89. The number of hydrogen-bond acceptors (Lipinski definition) is 5. The Morgan fingerprint density at radius 3 is 2.41 bits per heavy atom. The summed E-state index contributed by atoms with van der Waals surface area (Å²) >= 11 is 0. The molecule has 5 heteroatoms. The van der Waals surface area contributed by atoms with Crippen LogP contribution in [0.25, 0.3) is 0 Å². The van der Waals surface area contributed by atoms with Crippen molar-refractivity contribution < 1.29 is 9.53 Å². The molecule has 2 aliphatic rings. The van der Waals surface area contributed by atoms with Crippen molar-refractivity contribution in [3.05, 3.63) is 24.3 Å². The highest BCUT2D eigenvalue weighted by molar-refractivity contribution is 5.77. The largest absolute Gasteiger partial charge is 0.492 e. The van der Waals surface area contributed by atoms with E-state index in [0.29, 0.717) is 13.2 Å². The molecule has 0 spiro atoms. The maximum absolute atomic E-state index is 11.3. The molecule has 2 fully saturated rings. The topological polar surface area (TPSA) is 36.0 Å². The summed E-state index contributed by atoms with van der Waals surface area (Å²) in [5.74, 6) is 2.12. The van der Waals surface area contributed by atoms with Gasteiger partial charge in [0.25, 0.3) is 0 Å². The molecule has 0 aromatic heterocycles.